The van der Waals surface area contributed by atoms with Gasteiger partial charge in [0.25, 0.3) is 5.56 Å². The third-order valence-electron chi connectivity index (χ3n) is 4.97. The summed E-state index contributed by atoms with van der Waals surface area (Å²) >= 11 is 1.14. The number of amides is 1. The van der Waals surface area contributed by atoms with E-state index in [1.54, 1.807) is 24.4 Å². The SMILES string of the molecule is CCOC(=O)c1c(-c2ccccc2)csc1NC(=O)Cn1nc(C(=O)O)c2ccccc2c1=O. The number of carboxylic acids is 1. The molecular formula is C24H19N3O6S. The second kappa shape index (κ2) is 9.67. The molecular weight excluding hydrogens is 458 g/mol. The number of ether oxygens (including phenoxy) is 1. The van der Waals surface area contributed by atoms with Crippen LogP contribution in [-0.2, 0) is 16.1 Å². The predicted octanol–water partition coefficient (Wildman–Crippen LogP) is 3.64. The van der Waals surface area contributed by atoms with Gasteiger partial charge in [-0.15, -0.1) is 11.3 Å². The largest absolute Gasteiger partial charge is 0.476 e. The van der Waals surface area contributed by atoms with E-state index in [9.17, 15) is 24.3 Å². The van der Waals surface area contributed by atoms with Crippen LogP contribution < -0.4 is 10.9 Å². The molecule has 9 nitrogen and oxygen atoms in total. The molecule has 0 atom stereocenters. The highest BCUT2D eigenvalue weighted by atomic mass is 32.1. The molecule has 34 heavy (non-hydrogen) atoms. The molecule has 2 aromatic carbocycles. The summed E-state index contributed by atoms with van der Waals surface area (Å²) in [6, 6.07) is 15.3. The second-order valence-corrected chi connectivity index (χ2v) is 8.03. The first kappa shape index (κ1) is 22.9. The monoisotopic (exact) mass is 477 g/mol. The fourth-order valence-electron chi connectivity index (χ4n) is 3.49. The Morgan fingerprint density at radius 1 is 1.06 bits per heavy atom. The third-order valence-corrected chi connectivity index (χ3v) is 5.87. The molecule has 0 saturated heterocycles. The van der Waals surface area contributed by atoms with Gasteiger partial charge in [-0.2, -0.15) is 5.10 Å². The first-order valence-corrected chi connectivity index (χ1v) is 11.2. The summed E-state index contributed by atoms with van der Waals surface area (Å²) in [4.78, 5) is 49.9. The topological polar surface area (TPSA) is 128 Å². The standard InChI is InChI=1S/C24H19N3O6S/c1-2-33-24(32)19-17(14-8-4-3-5-9-14)13-34-21(19)25-18(28)12-27-22(29)16-11-7-6-10-15(16)20(26-27)23(30)31/h3-11,13H,2,12H2,1H3,(H,25,28)(H,30,31). The van der Waals surface area contributed by atoms with Gasteiger partial charge in [-0.3, -0.25) is 9.59 Å². The van der Waals surface area contributed by atoms with Crippen LogP contribution in [0.25, 0.3) is 21.9 Å². The van der Waals surface area contributed by atoms with E-state index in [0.29, 0.717) is 5.56 Å². The first-order valence-electron chi connectivity index (χ1n) is 10.3. The Morgan fingerprint density at radius 3 is 2.41 bits per heavy atom. The lowest BCUT2D eigenvalue weighted by Crippen LogP contribution is -2.31. The summed E-state index contributed by atoms with van der Waals surface area (Å²) in [5.41, 5.74) is 0.654. The molecule has 0 unspecified atom stereocenters. The van der Waals surface area contributed by atoms with Crippen molar-refractivity contribution < 1.29 is 24.2 Å². The van der Waals surface area contributed by atoms with E-state index in [2.05, 4.69) is 10.4 Å². The molecule has 4 rings (SSSR count). The van der Waals surface area contributed by atoms with E-state index in [4.69, 9.17) is 4.74 Å². The minimum absolute atomic E-state index is 0.136. The van der Waals surface area contributed by atoms with Crippen molar-refractivity contribution >= 4 is 45.0 Å². The molecule has 2 N–H and O–H groups in total. The second-order valence-electron chi connectivity index (χ2n) is 7.15. The van der Waals surface area contributed by atoms with Crippen LogP contribution in [-0.4, -0.2) is 39.3 Å². The average Bonchev–Trinajstić information content (AvgIpc) is 3.25. The van der Waals surface area contributed by atoms with Gasteiger partial charge in [0.1, 0.15) is 17.1 Å². The van der Waals surface area contributed by atoms with E-state index >= 15 is 0 Å². The zero-order chi connectivity index (χ0) is 24.2. The fraction of sp³-hybridized carbons (Fsp3) is 0.125. The molecule has 4 aromatic rings. The Morgan fingerprint density at radius 2 is 1.74 bits per heavy atom. The number of rotatable bonds is 7. The van der Waals surface area contributed by atoms with Gasteiger partial charge in [0, 0.05) is 16.3 Å². The van der Waals surface area contributed by atoms with Gasteiger partial charge in [-0.25, -0.2) is 14.3 Å². The number of nitrogens with zero attached hydrogens (tertiary/aromatic N) is 2. The maximum absolute atomic E-state index is 12.8. The minimum atomic E-state index is -1.32. The van der Waals surface area contributed by atoms with Gasteiger partial charge in [-0.1, -0.05) is 48.5 Å². The van der Waals surface area contributed by atoms with Crippen LogP contribution in [0.4, 0.5) is 5.00 Å². The van der Waals surface area contributed by atoms with Crippen LogP contribution in [0.15, 0.2) is 64.8 Å². The Balaban J connectivity index is 1.68. The molecule has 0 aliphatic rings. The van der Waals surface area contributed by atoms with Crippen LogP contribution in [0.1, 0.15) is 27.8 Å². The number of aromatic nitrogens is 2. The number of fused-ring (bicyclic) bond motifs is 1. The maximum Gasteiger partial charge on any atom is 0.357 e. The molecule has 0 aliphatic heterocycles. The minimum Gasteiger partial charge on any atom is -0.476 e. The number of carboxylic acid groups (broad SMARTS) is 1. The highest BCUT2D eigenvalue weighted by Crippen LogP contribution is 2.36. The van der Waals surface area contributed by atoms with Crippen LogP contribution in [0.5, 0.6) is 0 Å². The summed E-state index contributed by atoms with van der Waals surface area (Å²) in [5.74, 6) is -2.55. The zero-order valence-electron chi connectivity index (χ0n) is 18.0. The van der Waals surface area contributed by atoms with E-state index < -0.39 is 29.9 Å². The van der Waals surface area contributed by atoms with Gasteiger partial charge in [-0.05, 0) is 18.6 Å². The van der Waals surface area contributed by atoms with Crippen molar-refractivity contribution in [3.05, 3.63) is 81.6 Å². The van der Waals surface area contributed by atoms with Gasteiger partial charge in [0.2, 0.25) is 5.91 Å². The van der Waals surface area contributed by atoms with Crippen LogP contribution in [0.2, 0.25) is 0 Å². The number of esters is 1. The number of carbonyl (C=O) groups is 3. The number of hydrogen-bond donors (Lipinski definition) is 2. The van der Waals surface area contributed by atoms with Gasteiger partial charge in [0.15, 0.2) is 5.69 Å². The third kappa shape index (κ3) is 4.44. The number of benzene rings is 2. The van der Waals surface area contributed by atoms with E-state index in [0.717, 1.165) is 21.6 Å². The lowest BCUT2D eigenvalue weighted by Gasteiger charge is -2.10. The van der Waals surface area contributed by atoms with Crippen molar-refractivity contribution in [2.45, 2.75) is 13.5 Å². The van der Waals surface area contributed by atoms with Crippen molar-refractivity contribution in [2.75, 3.05) is 11.9 Å². The number of carbonyl (C=O) groups excluding carboxylic acids is 2. The quantitative estimate of drug-likeness (QED) is 0.389. The smallest absolute Gasteiger partial charge is 0.357 e. The zero-order valence-corrected chi connectivity index (χ0v) is 18.8. The fourth-order valence-corrected chi connectivity index (χ4v) is 4.46. The number of thiophene rings is 1. The van der Waals surface area contributed by atoms with Crippen molar-refractivity contribution in [1.29, 1.82) is 0 Å². The van der Waals surface area contributed by atoms with Crippen molar-refractivity contribution in [2.24, 2.45) is 0 Å². The van der Waals surface area contributed by atoms with E-state index in [1.807, 2.05) is 30.3 Å². The number of anilines is 1. The molecule has 10 heteroatoms. The molecule has 0 fully saturated rings. The van der Waals surface area contributed by atoms with Crippen LogP contribution in [0, 0.1) is 0 Å². The normalized spacial score (nSPS) is 10.7. The molecule has 1 amide bonds. The Bertz CT molecular complexity index is 1460. The lowest BCUT2D eigenvalue weighted by atomic mass is 10.0. The summed E-state index contributed by atoms with van der Waals surface area (Å²) in [5, 5.41) is 18.3. The van der Waals surface area contributed by atoms with Crippen LogP contribution >= 0.6 is 11.3 Å². The Kier molecular flexibility index (Phi) is 6.51. The highest BCUT2D eigenvalue weighted by Gasteiger charge is 2.23. The van der Waals surface area contributed by atoms with Crippen molar-refractivity contribution in [3.63, 3.8) is 0 Å². The molecule has 0 aliphatic carbocycles. The Labute approximate surface area is 197 Å². The Hall–Kier alpha value is -4.31. The summed E-state index contributed by atoms with van der Waals surface area (Å²) in [6.07, 6.45) is 0. The summed E-state index contributed by atoms with van der Waals surface area (Å²) in [6.45, 7) is 1.30. The molecule has 0 radical (unpaired) electrons. The number of hydrogen-bond acceptors (Lipinski definition) is 7. The maximum atomic E-state index is 12.8. The molecule has 0 spiro atoms. The number of aromatic carboxylic acids is 1. The first-order chi connectivity index (χ1) is 16.4. The van der Waals surface area contributed by atoms with Crippen molar-refractivity contribution in [3.8, 4) is 11.1 Å². The summed E-state index contributed by atoms with van der Waals surface area (Å²) < 4.78 is 5.98. The lowest BCUT2D eigenvalue weighted by molar-refractivity contribution is -0.117. The predicted molar refractivity (Wildman–Crippen MR) is 127 cm³/mol. The molecule has 0 bridgehead atoms. The highest BCUT2D eigenvalue weighted by molar-refractivity contribution is 7.15. The van der Waals surface area contributed by atoms with Crippen LogP contribution in [0.3, 0.4) is 0 Å². The molecule has 2 aromatic heterocycles. The average molecular weight is 477 g/mol. The summed E-state index contributed by atoms with van der Waals surface area (Å²) in [7, 11) is 0. The number of nitrogens with one attached hydrogen (secondary N) is 1. The van der Waals surface area contributed by atoms with Gasteiger partial charge >= 0.3 is 11.9 Å². The van der Waals surface area contributed by atoms with Gasteiger partial charge < -0.3 is 15.2 Å². The van der Waals surface area contributed by atoms with E-state index in [-0.39, 0.29) is 33.6 Å². The molecule has 0 saturated carbocycles. The molecule has 172 valence electrons. The van der Waals surface area contributed by atoms with E-state index in [1.165, 1.54) is 12.1 Å². The van der Waals surface area contributed by atoms with Gasteiger partial charge in [0.05, 0.1) is 12.0 Å². The van der Waals surface area contributed by atoms with Crippen molar-refractivity contribution in [1.82, 2.24) is 9.78 Å². The molecule has 2 heterocycles.